The Morgan fingerprint density at radius 1 is 1.14 bits per heavy atom. The predicted molar refractivity (Wildman–Crippen MR) is 82.5 cm³/mol. The molecule has 6 heteroatoms. The molecule has 0 aromatic heterocycles. The third-order valence-electron chi connectivity index (χ3n) is 3.30. The minimum absolute atomic E-state index is 0.343. The maximum atomic E-state index is 12.2. The topological polar surface area (TPSA) is 84.9 Å². The van der Waals surface area contributed by atoms with Crippen molar-refractivity contribution in [3.8, 4) is 11.5 Å². The summed E-state index contributed by atoms with van der Waals surface area (Å²) in [7, 11) is 0. The molecule has 1 amide bonds. The molecule has 122 valence electrons. The van der Waals surface area contributed by atoms with Crippen LogP contribution in [0.4, 0.5) is 0 Å². The van der Waals surface area contributed by atoms with Gasteiger partial charge in [0.2, 0.25) is 0 Å². The van der Waals surface area contributed by atoms with Gasteiger partial charge in [0.25, 0.3) is 5.91 Å². The van der Waals surface area contributed by atoms with Gasteiger partial charge in [-0.2, -0.15) is 0 Å². The molecule has 0 heterocycles. The van der Waals surface area contributed by atoms with Crippen LogP contribution < -0.4 is 14.8 Å². The largest absolute Gasteiger partial charge is 0.490 e. The lowest BCUT2D eigenvalue weighted by Crippen LogP contribution is -2.40. The quantitative estimate of drug-likeness (QED) is 0.770. The standard InChI is InChI=1S/C16H23NO5/c1-5-21-13-8-7-12(9-14(13)22-6-2)15(18)17-11(4)10(3)16(19)20/h7-11H,5-6H2,1-4H3,(H,17,18)(H,19,20). The van der Waals surface area contributed by atoms with Gasteiger partial charge < -0.3 is 19.9 Å². The number of carbonyl (C=O) groups is 2. The summed E-state index contributed by atoms with van der Waals surface area (Å²) >= 11 is 0. The molecule has 2 unspecified atom stereocenters. The van der Waals surface area contributed by atoms with Crippen LogP contribution in [-0.2, 0) is 4.79 Å². The van der Waals surface area contributed by atoms with Crippen LogP contribution in [-0.4, -0.2) is 36.2 Å². The van der Waals surface area contributed by atoms with Gasteiger partial charge in [-0.05, 0) is 45.9 Å². The average molecular weight is 309 g/mol. The lowest BCUT2D eigenvalue weighted by molar-refractivity contribution is -0.141. The Kier molecular flexibility index (Phi) is 6.69. The van der Waals surface area contributed by atoms with E-state index in [1.54, 1.807) is 32.0 Å². The van der Waals surface area contributed by atoms with Gasteiger partial charge >= 0.3 is 5.97 Å². The number of benzene rings is 1. The molecule has 1 aromatic rings. The lowest BCUT2D eigenvalue weighted by atomic mass is 10.0. The zero-order chi connectivity index (χ0) is 16.7. The van der Waals surface area contributed by atoms with Crippen molar-refractivity contribution in [3.05, 3.63) is 23.8 Å². The van der Waals surface area contributed by atoms with Crippen molar-refractivity contribution < 1.29 is 24.2 Å². The molecule has 2 atom stereocenters. The normalized spacial score (nSPS) is 13.1. The van der Waals surface area contributed by atoms with E-state index in [1.165, 1.54) is 0 Å². The Balaban J connectivity index is 2.89. The highest BCUT2D eigenvalue weighted by Gasteiger charge is 2.22. The number of carbonyl (C=O) groups excluding carboxylic acids is 1. The number of amides is 1. The highest BCUT2D eigenvalue weighted by atomic mass is 16.5. The summed E-state index contributed by atoms with van der Waals surface area (Å²) in [6.45, 7) is 7.88. The van der Waals surface area contributed by atoms with Gasteiger partial charge in [0.1, 0.15) is 0 Å². The first-order valence-corrected chi connectivity index (χ1v) is 7.34. The summed E-state index contributed by atoms with van der Waals surface area (Å²) in [5.74, 6) is -0.888. The molecule has 0 aliphatic rings. The number of carboxylic acids is 1. The Morgan fingerprint density at radius 2 is 1.73 bits per heavy atom. The van der Waals surface area contributed by atoms with Crippen LogP contribution in [0.25, 0.3) is 0 Å². The molecule has 0 radical (unpaired) electrons. The van der Waals surface area contributed by atoms with Crippen molar-refractivity contribution in [2.45, 2.75) is 33.7 Å². The molecule has 0 saturated heterocycles. The fraction of sp³-hybridized carbons (Fsp3) is 0.500. The third kappa shape index (κ3) is 4.65. The molecular weight excluding hydrogens is 286 g/mol. The monoisotopic (exact) mass is 309 g/mol. The van der Waals surface area contributed by atoms with E-state index in [1.807, 2.05) is 13.8 Å². The van der Waals surface area contributed by atoms with E-state index < -0.39 is 17.9 Å². The van der Waals surface area contributed by atoms with Crippen molar-refractivity contribution in [1.82, 2.24) is 5.32 Å². The second-order valence-electron chi connectivity index (χ2n) is 4.92. The van der Waals surface area contributed by atoms with Gasteiger partial charge in [0.15, 0.2) is 11.5 Å². The zero-order valence-electron chi connectivity index (χ0n) is 13.4. The summed E-state index contributed by atoms with van der Waals surface area (Å²) in [4.78, 5) is 23.1. The van der Waals surface area contributed by atoms with E-state index in [2.05, 4.69) is 5.32 Å². The average Bonchev–Trinajstić information content (AvgIpc) is 2.48. The molecule has 0 saturated carbocycles. The molecule has 0 spiro atoms. The molecule has 0 fully saturated rings. The van der Waals surface area contributed by atoms with Gasteiger partial charge in [-0.3, -0.25) is 9.59 Å². The first kappa shape index (κ1) is 17.8. The van der Waals surface area contributed by atoms with Gasteiger partial charge in [-0.1, -0.05) is 0 Å². The second-order valence-corrected chi connectivity index (χ2v) is 4.92. The number of rotatable bonds is 8. The highest BCUT2D eigenvalue weighted by Crippen LogP contribution is 2.28. The van der Waals surface area contributed by atoms with Crippen molar-refractivity contribution in [2.75, 3.05) is 13.2 Å². The van der Waals surface area contributed by atoms with Gasteiger partial charge in [-0.25, -0.2) is 0 Å². The van der Waals surface area contributed by atoms with Crippen LogP contribution in [0.2, 0.25) is 0 Å². The highest BCUT2D eigenvalue weighted by molar-refractivity contribution is 5.95. The summed E-state index contributed by atoms with van der Waals surface area (Å²) in [6, 6.07) is 4.42. The van der Waals surface area contributed by atoms with Gasteiger partial charge in [0.05, 0.1) is 19.1 Å². The number of aliphatic carboxylic acids is 1. The van der Waals surface area contributed by atoms with Crippen LogP contribution >= 0.6 is 0 Å². The Hall–Kier alpha value is -2.24. The number of hydrogen-bond acceptors (Lipinski definition) is 4. The minimum Gasteiger partial charge on any atom is -0.490 e. The van der Waals surface area contributed by atoms with E-state index in [4.69, 9.17) is 14.6 Å². The molecule has 0 aliphatic heterocycles. The lowest BCUT2D eigenvalue weighted by Gasteiger charge is -2.18. The summed E-state index contributed by atoms with van der Waals surface area (Å²) in [5.41, 5.74) is 0.399. The summed E-state index contributed by atoms with van der Waals surface area (Å²) in [6.07, 6.45) is 0. The third-order valence-corrected chi connectivity index (χ3v) is 3.30. The molecule has 1 aromatic carbocycles. The van der Waals surface area contributed by atoms with Crippen molar-refractivity contribution in [3.63, 3.8) is 0 Å². The number of hydrogen-bond donors (Lipinski definition) is 2. The summed E-state index contributed by atoms with van der Waals surface area (Å²) < 4.78 is 10.9. The Labute approximate surface area is 130 Å². The van der Waals surface area contributed by atoms with E-state index in [0.29, 0.717) is 30.3 Å². The SMILES string of the molecule is CCOc1ccc(C(=O)NC(C)C(C)C(=O)O)cc1OCC. The molecule has 0 bridgehead atoms. The van der Waals surface area contributed by atoms with Crippen molar-refractivity contribution >= 4 is 11.9 Å². The van der Waals surface area contributed by atoms with Gasteiger partial charge in [-0.15, -0.1) is 0 Å². The zero-order valence-corrected chi connectivity index (χ0v) is 13.4. The minimum atomic E-state index is -0.950. The predicted octanol–water partition coefficient (Wildman–Crippen LogP) is 2.32. The number of carboxylic acid groups (broad SMARTS) is 1. The van der Waals surface area contributed by atoms with E-state index in [9.17, 15) is 9.59 Å². The maximum absolute atomic E-state index is 12.2. The first-order chi connectivity index (χ1) is 10.4. The Bertz CT molecular complexity index is 529. The van der Waals surface area contributed by atoms with Crippen molar-refractivity contribution in [1.29, 1.82) is 0 Å². The molecular formula is C16H23NO5. The fourth-order valence-electron chi connectivity index (χ4n) is 1.82. The van der Waals surface area contributed by atoms with Crippen molar-refractivity contribution in [2.24, 2.45) is 5.92 Å². The van der Waals surface area contributed by atoms with E-state index >= 15 is 0 Å². The van der Waals surface area contributed by atoms with Crippen LogP contribution in [0, 0.1) is 5.92 Å². The molecule has 22 heavy (non-hydrogen) atoms. The molecule has 6 nitrogen and oxygen atoms in total. The fourth-order valence-corrected chi connectivity index (χ4v) is 1.82. The van der Waals surface area contributed by atoms with Crippen LogP contribution in [0.15, 0.2) is 18.2 Å². The van der Waals surface area contributed by atoms with Crippen LogP contribution in [0.5, 0.6) is 11.5 Å². The Morgan fingerprint density at radius 3 is 2.27 bits per heavy atom. The maximum Gasteiger partial charge on any atom is 0.308 e. The van der Waals surface area contributed by atoms with E-state index in [-0.39, 0.29) is 5.91 Å². The molecule has 0 aliphatic carbocycles. The first-order valence-electron chi connectivity index (χ1n) is 7.34. The van der Waals surface area contributed by atoms with E-state index in [0.717, 1.165) is 0 Å². The van der Waals surface area contributed by atoms with Crippen LogP contribution in [0.1, 0.15) is 38.1 Å². The summed E-state index contributed by atoms with van der Waals surface area (Å²) in [5, 5.41) is 11.6. The van der Waals surface area contributed by atoms with Gasteiger partial charge in [0, 0.05) is 11.6 Å². The smallest absolute Gasteiger partial charge is 0.308 e. The van der Waals surface area contributed by atoms with Crippen LogP contribution in [0.3, 0.4) is 0 Å². The number of ether oxygens (including phenoxy) is 2. The number of nitrogens with one attached hydrogen (secondary N) is 1. The molecule has 1 rings (SSSR count). The second kappa shape index (κ2) is 8.26. The molecule has 2 N–H and O–H groups in total.